The number of carbonyl (C=O) groups excluding carboxylic acids is 1. The summed E-state index contributed by atoms with van der Waals surface area (Å²) in [6.07, 6.45) is -2.65. The van der Waals surface area contributed by atoms with Crippen LogP contribution in [0.3, 0.4) is 0 Å². The van der Waals surface area contributed by atoms with Crippen molar-refractivity contribution in [1.82, 2.24) is 15.1 Å². The lowest BCUT2D eigenvalue weighted by Gasteiger charge is -2.16. The minimum atomic E-state index is -4.39. The first-order chi connectivity index (χ1) is 15.4. The summed E-state index contributed by atoms with van der Waals surface area (Å²) in [5.41, 5.74) is 2.02. The molecule has 1 saturated heterocycles. The van der Waals surface area contributed by atoms with Gasteiger partial charge in [0.1, 0.15) is 5.75 Å². The van der Waals surface area contributed by atoms with E-state index in [0.717, 1.165) is 35.5 Å². The molecular formula is C24H24F3N3O2. The van der Waals surface area contributed by atoms with Gasteiger partial charge in [0, 0.05) is 31.1 Å². The Balaban J connectivity index is 1.27. The van der Waals surface area contributed by atoms with Crippen LogP contribution >= 0.6 is 0 Å². The van der Waals surface area contributed by atoms with E-state index >= 15 is 0 Å². The van der Waals surface area contributed by atoms with E-state index in [1.165, 1.54) is 12.1 Å². The molecule has 2 heterocycles. The van der Waals surface area contributed by atoms with Crippen LogP contribution in [0.4, 0.5) is 13.2 Å². The van der Waals surface area contributed by atoms with E-state index in [9.17, 15) is 18.0 Å². The molecule has 0 saturated carbocycles. The molecule has 1 aromatic heterocycles. The molecule has 168 valence electrons. The average Bonchev–Trinajstić information content (AvgIpc) is 3.44. The summed E-state index contributed by atoms with van der Waals surface area (Å²) in [6.45, 7) is 1.57. The van der Waals surface area contributed by atoms with Crippen molar-refractivity contribution in [2.24, 2.45) is 0 Å². The van der Waals surface area contributed by atoms with Crippen LogP contribution < -0.4 is 4.74 Å². The first-order valence-corrected chi connectivity index (χ1v) is 10.5. The van der Waals surface area contributed by atoms with Gasteiger partial charge in [0.15, 0.2) is 0 Å². The molecular weight excluding hydrogens is 419 g/mol. The molecule has 2 aromatic carbocycles. The fourth-order valence-electron chi connectivity index (χ4n) is 3.87. The van der Waals surface area contributed by atoms with Crippen molar-refractivity contribution in [3.8, 4) is 5.75 Å². The molecule has 8 heteroatoms. The number of benzene rings is 2. The highest BCUT2D eigenvalue weighted by atomic mass is 19.4. The van der Waals surface area contributed by atoms with Gasteiger partial charge in [0.05, 0.1) is 24.3 Å². The van der Waals surface area contributed by atoms with Crippen LogP contribution in [0.1, 0.15) is 34.9 Å². The average molecular weight is 443 g/mol. The van der Waals surface area contributed by atoms with E-state index in [-0.39, 0.29) is 24.2 Å². The molecule has 1 amide bonds. The Hall–Kier alpha value is -3.29. The summed E-state index contributed by atoms with van der Waals surface area (Å²) in [4.78, 5) is 14.4. The van der Waals surface area contributed by atoms with Crippen LogP contribution in [0.25, 0.3) is 0 Å². The van der Waals surface area contributed by atoms with E-state index in [0.29, 0.717) is 25.9 Å². The lowest BCUT2D eigenvalue weighted by atomic mass is 10.0. The molecule has 0 bridgehead atoms. The normalized spacial score (nSPS) is 16.3. The highest BCUT2D eigenvalue weighted by molar-refractivity contribution is 5.79. The predicted molar refractivity (Wildman–Crippen MR) is 113 cm³/mol. The molecule has 1 N–H and O–H groups in total. The number of likely N-dealkylation sites (tertiary alicyclic amines) is 1. The minimum Gasteiger partial charge on any atom is -0.493 e. The molecule has 3 aromatic rings. The summed E-state index contributed by atoms with van der Waals surface area (Å²) >= 11 is 0. The van der Waals surface area contributed by atoms with Crippen molar-refractivity contribution in [2.75, 3.05) is 19.7 Å². The number of nitrogens with one attached hydrogen (secondary N) is 1. The standard InChI is InChI=1S/C24H24F3N3O2/c25-24(26,27)19-7-4-8-21(14-19)32-12-10-20-15-22(29-28-20)18-9-11-30(16-18)23(31)13-17-5-2-1-3-6-17/h1-8,14-15,18H,9-13,16H2,(H,28,29)/t18-/m1/s1. The number of hydrogen-bond donors (Lipinski definition) is 1. The zero-order valence-electron chi connectivity index (χ0n) is 17.4. The van der Waals surface area contributed by atoms with Crippen LogP contribution in [-0.4, -0.2) is 40.7 Å². The van der Waals surface area contributed by atoms with Gasteiger partial charge in [-0.15, -0.1) is 0 Å². The smallest absolute Gasteiger partial charge is 0.416 e. The van der Waals surface area contributed by atoms with Gasteiger partial charge in [-0.1, -0.05) is 36.4 Å². The molecule has 1 aliphatic heterocycles. The van der Waals surface area contributed by atoms with Gasteiger partial charge >= 0.3 is 6.18 Å². The largest absolute Gasteiger partial charge is 0.493 e. The number of rotatable bonds is 7. The van der Waals surface area contributed by atoms with E-state index in [1.807, 2.05) is 41.3 Å². The third kappa shape index (κ3) is 5.49. The maximum absolute atomic E-state index is 12.8. The first kappa shape index (κ1) is 21.9. The third-order valence-electron chi connectivity index (χ3n) is 5.61. The van der Waals surface area contributed by atoms with E-state index in [4.69, 9.17) is 4.74 Å². The Bertz CT molecular complexity index is 1050. The molecule has 0 unspecified atom stereocenters. The summed E-state index contributed by atoms with van der Waals surface area (Å²) in [5, 5.41) is 7.36. The SMILES string of the molecule is O=C(Cc1ccccc1)N1CC[C@@H](c2cc(CCOc3cccc(C(F)(F)F)c3)[nH]n2)C1. The molecule has 4 rings (SSSR count). The van der Waals surface area contributed by atoms with Gasteiger partial charge in [-0.25, -0.2) is 0 Å². The molecule has 32 heavy (non-hydrogen) atoms. The topological polar surface area (TPSA) is 58.2 Å². The Morgan fingerprint density at radius 3 is 2.72 bits per heavy atom. The lowest BCUT2D eigenvalue weighted by molar-refractivity contribution is -0.137. The van der Waals surface area contributed by atoms with Crippen molar-refractivity contribution >= 4 is 5.91 Å². The van der Waals surface area contributed by atoms with Crippen molar-refractivity contribution in [2.45, 2.75) is 31.4 Å². The van der Waals surface area contributed by atoms with Crippen LogP contribution in [0, 0.1) is 0 Å². The quantitative estimate of drug-likeness (QED) is 0.580. The third-order valence-corrected chi connectivity index (χ3v) is 5.61. The maximum Gasteiger partial charge on any atom is 0.416 e. The van der Waals surface area contributed by atoms with Crippen LogP contribution in [0.2, 0.25) is 0 Å². The summed E-state index contributed by atoms with van der Waals surface area (Å²) in [5.74, 6) is 0.469. The van der Waals surface area contributed by atoms with Crippen molar-refractivity contribution in [1.29, 1.82) is 0 Å². The summed E-state index contributed by atoms with van der Waals surface area (Å²) < 4.78 is 43.9. The Morgan fingerprint density at radius 2 is 1.94 bits per heavy atom. The van der Waals surface area contributed by atoms with E-state index in [1.54, 1.807) is 0 Å². The summed E-state index contributed by atoms with van der Waals surface area (Å²) in [7, 11) is 0. The molecule has 1 aliphatic rings. The zero-order chi connectivity index (χ0) is 22.6. The molecule has 5 nitrogen and oxygen atoms in total. The fourth-order valence-corrected chi connectivity index (χ4v) is 3.87. The lowest BCUT2D eigenvalue weighted by Crippen LogP contribution is -2.29. The maximum atomic E-state index is 12.8. The van der Waals surface area contributed by atoms with Crippen molar-refractivity contribution in [3.05, 3.63) is 83.2 Å². The van der Waals surface area contributed by atoms with Gasteiger partial charge in [0.2, 0.25) is 5.91 Å². The van der Waals surface area contributed by atoms with Gasteiger partial charge < -0.3 is 9.64 Å². The van der Waals surface area contributed by atoms with Crippen molar-refractivity contribution < 1.29 is 22.7 Å². The number of nitrogens with zero attached hydrogens (tertiary/aromatic N) is 2. The number of H-pyrrole nitrogens is 1. The Morgan fingerprint density at radius 1 is 1.12 bits per heavy atom. The second-order valence-electron chi connectivity index (χ2n) is 7.93. The van der Waals surface area contributed by atoms with E-state index in [2.05, 4.69) is 10.2 Å². The Labute approximate surface area is 184 Å². The highest BCUT2D eigenvalue weighted by Gasteiger charge is 2.31. The highest BCUT2D eigenvalue weighted by Crippen LogP contribution is 2.31. The molecule has 0 spiro atoms. The van der Waals surface area contributed by atoms with Gasteiger partial charge in [0.25, 0.3) is 0 Å². The number of aromatic nitrogens is 2. The molecule has 1 atom stereocenters. The Kier molecular flexibility index (Phi) is 6.48. The molecule has 0 radical (unpaired) electrons. The minimum absolute atomic E-state index is 0.115. The fraction of sp³-hybridized carbons (Fsp3) is 0.333. The number of alkyl halides is 3. The second-order valence-corrected chi connectivity index (χ2v) is 7.93. The van der Waals surface area contributed by atoms with Gasteiger partial charge in [-0.05, 0) is 36.2 Å². The predicted octanol–water partition coefficient (Wildman–Crippen LogP) is 4.61. The van der Waals surface area contributed by atoms with Crippen LogP contribution in [0.5, 0.6) is 5.75 Å². The zero-order valence-corrected chi connectivity index (χ0v) is 17.4. The number of hydrogen-bond acceptors (Lipinski definition) is 3. The van der Waals surface area contributed by atoms with Gasteiger partial charge in [-0.2, -0.15) is 18.3 Å². The first-order valence-electron chi connectivity index (χ1n) is 10.5. The number of aromatic amines is 1. The monoisotopic (exact) mass is 443 g/mol. The molecule has 1 fully saturated rings. The second kappa shape index (κ2) is 9.46. The summed E-state index contributed by atoms with van der Waals surface area (Å²) in [6, 6.07) is 16.5. The van der Waals surface area contributed by atoms with Crippen LogP contribution in [0.15, 0.2) is 60.7 Å². The van der Waals surface area contributed by atoms with Crippen molar-refractivity contribution in [3.63, 3.8) is 0 Å². The van der Waals surface area contributed by atoms with Gasteiger partial charge in [-0.3, -0.25) is 9.89 Å². The number of halogens is 3. The van der Waals surface area contributed by atoms with Crippen LogP contribution in [-0.2, 0) is 23.8 Å². The molecule has 0 aliphatic carbocycles. The number of ether oxygens (including phenoxy) is 1. The van der Waals surface area contributed by atoms with E-state index < -0.39 is 11.7 Å². The number of amides is 1. The number of carbonyl (C=O) groups is 1.